The van der Waals surface area contributed by atoms with Gasteiger partial charge >= 0.3 is 0 Å². The van der Waals surface area contributed by atoms with Crippen molar-refractivity contribution in [3.05, 3.63) is 64.9 Å². The van der Waals surface area contributed by atoms with Gasteiger partial charge in [-0.2, -0.15) is 0 Å². The number of nitrogens with one attached hydrogen (secondary N) is 2. The molecule has 4 nitrogen and oxygen atoms in total. The third-order valence-electron chi connectivity index (χ3n) is 5.34. The average molecular weight is 398 g/mol. The zero-order valence-corrected chi connectivity index (χ0v) is 16.5. The van der Waals surface area contributed by atoms with Crippen molar-refractivity contribution in [2.24, 2.45) is 0 Å². The second-order valence-corrected chi connectivity index (χ2v) is 8.37. The lowest BCUT2D eigenvalue weighted by Gasteiger charge is -2.21. The van der Waals surface area contributed by atoms with Crippen LogP contribution in [0, 0.1) is 5.82 Å². The van der Waals surface area contributed by atoms with Crippen molar-refractivity contribution in [3.63, 3.8) is 0 Å². The first kappa shape index (κ1) is 19.0. The lowest BCUT2D eigenvalue weighted by molar-refractivity contribution is -0.120. The van der Waals surface area contributed by atoms with Crippen LogP contribution in [0.2, 0.25) is 0 Å². The molecule has 6 heteroatoms. The molecule has 1 amide bonds. The van der Waals surface area contributed by atoms with Gasteiger partial charge in [0.15, 0.2) is 0 Å². The number of hydrogen-bond acceptors (Lipinski definition) is 4. The van der Waals surface area contributed by atoms with Crippen molar-refractivity contribution in [1.29, 1.82) is 0 Å². The third-order valence-corrected chi connectivity index (χ3v) is 6.43. The van der Waals surface area contributed by atoms with E-state index in [1.54, 1.807) is 11.3 Å². The molecule has 0 aliphatic heterocycles. The number of aromatic nitrogens is 1. The van der Waals surface area contributed by atoms with Crippen molar-refractivity contribution in [3.8, 4) is 0 Å². The van der Waals surface area contributed by atoms with E-state index >= 15 is 0 Å². The molecule has 0 spiro atoms. The summed E-state index contributed by atoms with van der Waals surface area (Å²) in [4.78, 5) is 16.8. The number of rotatable bonds is 7. The summed E-state index contributed by atoms with van der Waals surface area (Å²) >= 11 is 1.68. The molecule has 1 saturated carbocycles. The van der Waals surface area contributed by atoms with Crippen molar-refractivity contribution in [2.75, 3.05) is 13.1 Å². The summed E-state index contributed by atoms with van der Waals surface area (Å²) in [5.41, 5.74) is 2.16. The third kappa shape index (κ3) is 4.56. The summed E-state index contributed by atoms with van der Waals surface area (Å²) in [6.45, 7) is 0.897. The molecule has 1 aliphatic rings. The lowest BCUT2D eigenvalue weighted by Crippen LogP contribution is -2.40. The minimum Gasteiger partial charge on any atom is -0.355 e. The minimum absolute atomic E-state index is 0.00543. The predicted molar refractivity (Wildman–Crippen MR) is 111 cm³/mol. The van der Waals surface area contributed by atoms with Crippen LogP contribution in [0.3, 0.4) is 0 Å². The van der Waals surface area contributed by atoms with Crippen LogP contribution >= 0.6 is 11.3 Å². The number of amides is 1. The zero-order valence-electron chi connectivity index (χ0n) is 15.7. The normalized spacial score (nSPS) is 19.2. The number of halogens is 1. The van der Waals surface area contributed by atoms with Gasteiger partial charge in [0.1, 0.15) is 5.82 Å². The van der Waals surface area contributed by atoms with E-state index in [1.165, 1.54) is 16.8 Å². The lowest BCUT2D eigenvalue weighted by atomic mass is 9.94. The molecule has 2 N–H and O–H groups in total. The maximum atomic E-state index is 13.2. The van der Waals surface area contributed by atoms with E-state index in [4.69, 9.17) is 0 Å². The maximum Gasteiger partial charge on any atom is 0.233 e. The van der Waals surface area contributed by atoms with E-state index in [1.807, 2.05) is 30.3 Å². The van der Waals surface area contributed by atoms with E-state index in [2.05, 4.69) is 21.7 Å². The van der Waals surface area contributed by atoms with Crippen LogP contribution < -0.4 is 10.6 Å². The first-order valence-electron chi connectivity index (χ1n) is 9.79. The van der Waals surface area contributed by atoms with Gasteiger partial charge in [-0.15, -0.1) is 11.3 Å². The molecule has 0 saturated heterocycles. The minimum atomic E-state index is -0.209. The Kier molecular flexibility index (Phi) is 5.98. The molecule has 2 atom stereocenters. The summed E-state index contributed by atoms with van der Waals surface area (Å²) in [5, 5.41) is 7.42. The summed E-state index contributed by atoms with van der Waals surface area (Å²) in [6.07, 6.45) is 3.98. The Morgan fingerprint density at radius 3 is 2.79 bits per heavy atom. The second-order valence-electron chi connectivity index (χ2n) is 7.25. The van der Waals surface area contributed by atoms with E-state index in [-0.39, 0.29) is 17.8 Å². The topological polar surface area (TPSA) is 54.0 Å². The Balaban J connectivity index is 1.23. The van der Waals surface area contributed by atoms with Crippen LogP contribution in [0.4, 0.5) is 4.39 Å². The number of carbonyl (C=O) groups excluding carboxylic acids is 1. The quantitative estimate of drug-likeness (QED) is 0.633. The van der Waals surface area contributed by atoms with Crippen LogP contribution in [0.5, 0.6) is 0 Å². The molecule has 1 heterocycles. The highest BCUT2D eigenvalue weighted by molar-refractivity contribution is 7.18. The zero-order chi connectivity index (χ0) is 19.3. The molecule has 2 aromatic carbocycles. The van der Waals surface area contributed by atoms with E-state index in [0.717, 1.165) is 41.8 Å². The van der Waals surface area contributed by atoms with Gasteiger partial charge in [0.05, 0.1) is 21.8 Å². The molecular weight excluding hydrogens is 373 g/mol. The molecule has 1 fully saturated rings. The largest absolute Gasteiger partial charge is 0.355 e. The molecular formula is C22H24FN3OS. The maximum absolute atomic E-state index is 13.2. The highest BCUT2D eigenvalue weighted by Gasteiger charge is 2.28. The second kappa shape index (κ2) is 8.80. The number of thiazole rings is 1. The fourth-order valence-electron chi connectivity index (χ4n) is 3.94. The van der Waals surface area contributed by atoms with Gasteiger partial charge in [-0.1, -0.05) is 30.7 Å². The first-order chi connectivity index (χ1) is 13.7. The molecule has 146 valence electrons. The van der Waals surface area contributed by atoms with Crippen molar-refractivity contribution >= 4 is 27.5 Å². The standard InChI is InChI=1S/C22H24FN3OS/c23-16-10-8-15(9-11-16)17-4-3-6-18(17)25-14-21(27)24-13-12-22-26-19-5-1-2-7-20(19)28-22/h1-2,5,7-11,17-18,25H,3-4,6,12-14H2,(H,24,27)/t17-,18+/m1/s1. The van der Waals surface area contributed by atoms with Gasteiger partial charge in [-0.3, -0.25) is 4.79 Å². The van der Waals surface area contributed by atoms with Crippen molar-refractivity contribution in [1.82, 2.24) is 15.6 Å². The van der Waals surface area contributed by atoms with Crippen LogP contribution in [-0.4, -0.2) is 30.0 Å². The fourth-order valence-corrected chi connectivity index (χ4v) is 4.90. The Bertz CT molecular complexity index is 907. The van der Waals surface area contributed by atoms with Crippen LogP contribution in [0.15, 0.2) is 48.5 Å². The molecule has 0 radical (unpaired) electrons. The van der Waals surface area contributed by atoms with Gasteiger partial charge in [0.25, 0.3) is 0 Å². The molecule has 0 unspecified atom stereocenters. The molecule has 3 aromatic rings. The van der Waals surface area contributed by atoms with Crippen molar-refractivity contribution < 1.29 is 9.18 Å². The number of carbonyl (C=O) groups is 1. The Morgan fingerprint density at radius 1 is 1.14 bits per heavy atom. The van der Waals surface area contributed by atoms with Crippen LogP contribution in [-0.2, 0) is 11.2 Å². The van der Waals surface area contributed by atoms with Crippen molar-refractivity contribution in [2.45, 2.75) is 37.6 Å². The van der Waals surface area contributed by atoms with Crippen LogP contribution in [0.25, 0.3) is 10.2 Å². The SMILES string of the molecule is O=C(CN[C@H]1CCC[C@@H]1c1ccc(F)cc1)NCCc1nc2ccccc2s1. The van der Waals surface area contributed by atoms with E-state index < -0.39 is 0 Å². The van der Waals surface area contributed by atoms with E-state index in [9.17, 15) is 9.18 Å². The van der Waals surface area contributed by atoms with Gasteiger partial charge in [-0.05, 0) is 48.6 Å². The number of benzene rings is 2. The van der Waals surface area contributed by atoms with E-state index in [0.29, 0.717) is 19.0 Å². The number of nitrogens with zero attached hydrogens (tertiary/aromatic N) is 1. The molecule has 0 bridgehead atoms. The van der Waals surface area contributed by atoms with Gasteiger partial charge in [0.2, 0.25) is 5.91 Å². The molecule has 28 heavy (non-hydrogen) atoms. The highest BCUT2D eigenvalue weighted by Crippen LogP contribution is 2.34. The summed E-state index contributed by atoms with van der Waals surface area (Å²) in [5.74, 6) is 0.140. The summed E-state index contributed by atoms with van der Waals surface area (Å²) in [6, 6.07) is 15.1. The van der Waals surface area contributed by atoms with Crippen LogP contribution in [0.1, 0.15) is 35.8 Å². The highest BCUT2D eigenvalue weighted by atomic mass is 32.1. The number of hydrogen-bond donors (Lipinski definition) is 2. The number of fused-ring (bicyclic) bond motifs is 1. The Hall–Kier alpha value is -2.31. The monoisotopic (exact) mass is 397 g/mol. The van der Waals surface area contributed by atoms with Gasteiger partial charge in [-0.25, -0.2) is 9.37 Å². The first-order valence-corrected chi connectivity index (χ1v) is 10.6. The fraction of sp³-hybridized carbons (Fsp3) is 0.364. The van der Waals surface area contributed by atoms with Gasteiger partial charge in [0, 0.05) is 19.0 Å². The molecule has 4 rings (SSSR count). The average Bonchev–Trinajstić information content (AvgIpc) is 3.33. The Labute approximate surface area is 168 Å². The van der Waals surface area contributed by atoms with Gasteiger partial charge < -0.3 is 10.6 Å². The summed E-state index contributed by atoms with van der Waals surface area (Å²) in [7, 11) is 0. The molecule has 1 aliphatic carbocycles. The smallest absolute Gasteiger partial charge is 0.233 e. The summed E-state index contributed by atoms with van der Waals surface area (Å²) < 4.78 is 14.3. The predicted octanol–water partition coefficient (Wildman–Crippen LogP) is 4.02. The number of para-hydroxylation sites is 1. The molecule has 1 aromatic heterocycles. The Morgan fingerprint density at radius 2 is 1.96 bits per heavy atom.